The summed E-state index contributed by atoms with van der Waals surface area (Å²) in [5, 5.41) is 2.77. The Balaban J connectivity index is 3.70. The number of nitrogens with zero attached hydrogens (tertiary/aromatic N) is 1. The normalized spacial score (nSPS) is 16.6. The first-order chi connectivity index (χ1) is 4.00. The van der Waals surface area contributed by atoms with Crippen LogP contribution in [-0.2, 0) is 0 Å². The lowest BCUT2D eigenvalue weighted by molar-refractivity contribution is 0.407. The van der Waals surface area contributed by atoms with Gasteiger partial charge < -0.3 is 10.2 Å². The summed E-state index contributed by atoms with van der Waals surface area (Å²) in [6.45, 7) is -0.866. The summed E-state index contributed by atoms with van der Waals surface area (Å²) in [6.07, 6.45) is 0. The average molecular weight is 104 g/mol. The fourth-order valence-electron chi connectivity index (χ4n) is 0.237. The highest BCUT2D eigenvalue weighted by molar-refractivity contribution is 4.42. The maximum Gasteiger partial charge on any atom is 0.0444 e. The van der Waals surface area contributed by atoms with Crippen LogP contribution >= 0.6 is 0 Å². The van der Waals surface area contributed by atoms with Crippen molar-refractivity contribution in [1.29, 1.82) is 0 Å². The molecule has 0 unspecified atom stereocenters. The Morgan fingerprint density at radius 2 is 2.29 bits per heavy atom. The van der Waals surface area contributed by atoms with Crippen LogP contribution in [0.25, 0.3) is 0 Å². The Labute approximate surface area is 48.3 Å². The molecule has 0 aromatic carbocycles. The molecule has 0 fully saturated rings. The van der Waals surface area contributed by atoms with Gasteiger partial charge in [-0.3, -0.25) is 0 Å². The Hall–Kier alpha value is -0.0800. The van der Waals surface area contributed by atoms with E-state index in [1.807, 2.05) is 0 Å². The SMILES string of the molecule is [2H]C([2H])(CNC)N(C)C. The van der Waals surface area contributed by atoms with Crippen LogP contribution in [0.1, 0.15) is 2.74 Å². The fraction of sp³-hybridized carbons (Fsp3) is 1.00. The molecule has 44 valence electrons. The molecule has 7 heavy (non-hydrogen) atoms. The van der Waals surface area contributed by atoms with Gasteiger partial charge in [-0.25, -0.2) is 0 Å². The van der Waals surface area contributed by atoms with Crippen molar-refractivity contribution in [2.24, 2.45) is 0 Å². The molecule has 0 aliphatic carbocycles. The zero-order valence-corrected chi connectivity index (χ0v) is 5.15. The van der Waals surface area contributed by atoms with Gasteiger partial charge >= 0.3 is 0 Å². The van der Waals surface area contributed by atoms with Crippen LogP contribution in [0, 0.1) is 0 Å². The Bertz CT molecular complexity index is 83.0. The minimum absolute atomic E-state index is 0.361. The van der Waals surface area contributed by atoms with Crippen molar-refractivity contribution in [1.82, 2.24) is 10.2 Å². The minimum atomic E-state index is -1.23. The molecule has 0 bridgehead atoms. The van der Waals surface area contributed by atoms with Crippen LogP contribution in [0.5, 0.6) is 0 Å². The van der Waals surface area contributed by atoms with Crippen molar-refractivity contribution < 1.29 is 2.74 Å². The van der Waals surface area contributed by atoms with E-state index in [4.69, 9.17) is 2.74 Å². The van der Waals surface area contributed by atoms with E-state index in [1.54, 1.807) is 26.0 Å². The molecular formula is C5H14N2. The lowest BCUT2D eigenvalue weighted by Crippen LogP contribution is -2.23. The average Bonchev–Trinajstić information content (AvgIpc) is 1.65. The van der Waals surface area contributed by atoms with E-state index < -0.39 is 6.50 Å². The van der Waals surface area contributed by atoms with E-state index in [0.717, 1.165) is 0 Å². The van der Waals surface area contributed by atoms with Crippen LogP contribution in [0.2, 0.25) is 0 Å². The first kappa shape index (κ1) is 3.87. The molecule has 0 aliphatic rings. The number of rotatable bonds is 3. The first-order valence-corrected chi connectivity index (χ1v) is 2.33. The predicted octanol–water partition coefficient (Wildman–Crippen LogP) is -0.233. The summed E-state index contributed by atoms with van der Waals surface area (Å²) in [4.78, 5) is 1.55. The van der Waals surface area contributed by atoms with E-state index in [2.05, 4.69) is 5.32 Å². The van der Waals surface area contributed by atoms with Crippen LogP contribution in [0.3, 0.4) is 0 Å². The fourth-order valence-corrected chi connectivity index (χ4v) is 0.237. The van der Waals surface area contributed by atoms with Gasteiger partial charge in [0, 0.05) is 15.8 Å². The quantitative estimate of drug-likeness (QED) is 0.532. The molecule has 1 N–H and O–H groups in total. The monoisotopic (exact) mass is 104 g/mol. The number of likely N-dealkylation sites (N-methyl/N-ethyl adjacent to an activating group) is 2. The minimum Gasteiger partial charge on any atom is -0.318 e. The third kappa shape index (κ3) is 5.92. The van der Waals surface area contributed by atoms with Crippen molar-refractivity contribution in [3.8, 4) is 0 Å². The van der Waals surface area contributed by atoms with Gasteiger partial charge in [-0.05, 0) is 21.1 Å². The van der Waals surface area contributed by atoms with E-state index in [-0.39, 0.29) is 0 Å². The Kier molecular flexibility index (Phi) is 2.26. The van der Waals surface area contributed by atoms with Crippen LogP contribution in [0.4, 0.5) is 0 Å². The Morgan fingerprint density at radius 3 is 2.43 bits per heavy atom. The third-order valence-electron chi connectivity index (χ3n) is 0.572. The molecule has 0 spiro atoms. The van der Waals surface area contributed by atoms with Crippen molar-refractivity contribution in [3.63, 3.8) is 0 Å². The van der Waals surface area contributed by atoms with Gasteiger partial charge in [-0.1, -0.05) is 0 Å². The lowest BCUT2D eigenvalue weighted by Gasteiger charge is -2.06. The molecule has 0 aliphatic heterocycles. The predicted molar refractivity (Wildman–Crippen MR) is 32.5 cm³/mol. The molecule has 2 nitrogen and oxygen atoms in total. The van der Waals surface area contributed by atoms with E-state index in [0.29, 0.717) is 6.54 Å². The molecule has 0 amide bonds. The van der Waals surface area contributed by atoms with E-state index in [9.17, 15) is 0 Å². The zero-order valence-electron chi connectivity index (χ0n) is 7.15. The largest absolute Gasteiger partial charge is 0.318 e. The van der Waals surface area contributed by atoms with Crippen molar-refractivity contribution >= 4 is 0 Å². The second kappa shape index (κ2) is 4.09. The van der Waals surface area contributed by atoms with Crippen LogP contribution in [-0.4, -0.2) is 39.1 Å². The van der Waals surface area contributed by atoms with Gasteiger partial charge in [0.25, 0.3) is 0 Å². The first-order valence-electron chi connectivity index (χ1n) is 3.33. The van der Waals surface area contributed by atoms with Gasteiger partial charge in [0.2, 0.25) is 0 Å². The summed E-state index contributed by atoms with van der Waals surface area (Å²) in [7, 11) is 5.18. The van der Waals surface area contributed by atoms with Gasteiger partial charge in [-0.2, -0.15) is 0 Å². The summed E-state index contributed by atoms with van der Waals surface area (Å²) in [5.74, 6) is 0. The van der Waals surface area contributed by atoms with E-state index >= 15 is 0 Å². The third-order valence-corrected chi connectivity index (χ3v) is 0.572. The highest BCUT2D eigenvalue weighted by Gasteiger charge is 1.82. The topological polar surface area (TPSA) is 15.3 Å². The molecule has 0 heterocycles. The van der Waals surface area contributed by atoms with Crippen LogP contribution < -0.4 is 5.32 Å². The summed E-state index contributed by atoms with van der Waals surface area (Å²) in [6, 6.07) is 0. The molecular weight excluding hydrogens is 88.1 g/mol. The highest BCUT2D eigenvalue weighted by atomic mass is 15.1. The van der Waals surface area contributed by atoms with E-state index in [1.165, 1.54) is 0 Å². The van der Waals surface area contributed by atoms with Gasteiger partial charge in [0.1, 0.15) is 0 Å². The van der Waals surface area contributed by atoms with Gasteiger partial charge in [-0.15, -0.1) is 0 Å². The van der Waals surface area contributed by atoms with Crippen molar-refractivity contribution in [2.45, 2.75) is 0 Å². The van der Waals surface area contributed by atoms with Crippen LogP contribution in [0.15, 0.2) is 0 Å². The standard InChI is InChI=1S/C5H14N2/c1-6-4-5-7(2)3/h6H,4-5H2,1-3H3/i5D2. The van der Waals surface area contributed by atoms with Crippen molar-refractivity contribution in [2.75, 3.05) is 34.2 Å². The molecule has 0 aromatic rings. The maximum atomic E-state index is 7.31. The smallest absolute Gasteiger partial charge is 0.0444 e. The van der Waals surface area contributed by atoms with Crippen molar-refractivity contribution in [3.05, 3.63) is 0 Å². The lowest BCUT2D eigenvalue weighted by atomic mass is 10.6. The molecule has 0 saturated carbocycles. The number of hydrogen-bond donors (Lipinski definition) is 1. The Morgan fingerprint density at radius 1 is 1.71 bits per heavy atom. The maximum absolute atomic E-state index is 7.31. The summed E-state index contributed by atoms with van der Waals surface area (Å²) < 4.78 is 14.6. The zero-order chi connectivity index (χ0) is 7.49. The summed E-state index contributed by atoms with van der Waals surface area (Å²) in [5.41, 5.74) is 0. The van der Waals surface area contributed by atoms with Gasteiger partial charge in [0.05, 0.1) is 0 Å². The molecule has 0 atom stereocenters. The second-order valence-electron chi connectivity index (χ2n) is 1.58. The number of nitrogens with one attached hydrogen (secondary N) is 1. The molecule has 0 aromatic heterocycles. The highest BCUT2D eigenvalue weighted by Crippen LogP contribution is 1.66. The van der Waals surface area contributed by atoms with Gasteiger partial charge in [0.15, 0.2) is 0 Å². The summed E-state index contributed by atoms with van der Waals surface area (Å²) >= 11 is 0. The molecule has 0 rings (SSSR count). The second-order valence-corrected chi connectivity index (χ2v) is 1.58. The molecule has 0 radical (unpaired) electrons. The molecule has 0 saturated heterocycles. The molecule has 2 heteroatoms. The number of hydrogen-bond acceptors (Lipinski definition) is 2.